The minimum Gasteiger partial charge on any atom is -0.358 e. The van der Waals surface area contributed by atoms with Crippen LogP contribution < -0.4 is 16.4 Å². The maximum Gasteiger partial charge on any atom is 0.233 e. The van der Waals surface area contributed by atoms with Crippen LogP contribution in [0.15, 0.2) is 0 Å². The van der Waals surface area contributed by atoms with E-state index in [2.05, 4.69) is 10.6 Å². The largest absolute Gasteiger partial charge is 0.358 e. The number of nitrogens with two attached hydrogens (primary N) is 1. The molecule has 0 fully saturated rings. The maximum absolute atomic E-state index is 11.8. The van der Waals surface area contributed by atoms with Crippen molar-refractivity contribution in [2.75, 3.05) is 12.8 Å². The van der Waals surface area contributed by atoms with Gasteiger partial charge in [0.2, 0.25) is 11.8 Å². The fraction of sp³-hybridized carbons (Fsp3) is 0.786. The first-order valence-electron chi connectivity index (χ1n) is 7.10. The van der Waals surface area contributed by atoms with Gasteiger partial charge in [0.05, 0.1) is 11.3 Å². The Hall–Kier alpha value is -1.08. The molecule has 0 radical (unpaired) electrons. The van der Waals surface area contributed by atoms with Crippen molar-refractivity contribution < 1.29 is 14.4 Å². The molecule has 2 unspecified atom stereocenters. The van der Waals surface area contributed by atoms with Crippen LogP contribution in [-0.4, -0.2) is 47.7 Å². The molecule has 0 saturated heterocycles. The molecule has 21 heavy (non-hydrogen) atoms. The first kappa shape index (κ1) is 19.9. The van der Waals surface area contributed by atoms with Crippen LogP contribution in [0, 0.1) is 5.92 Å². The molecule has 0 rings (SSSR count). The van der Waals surface area contributed by atoms with E-state index in [4.69, 9.17) is 5.73 Å². The Balaban J connectivity index is 4.54. The van der Waals surface area contributed by atoms with Crippen LogP contribution in [0.5, 0.6) is 0 Å². The fourth-order valence-electron chi connectivity index (χ4n) is 1.67. The van der Waals surface area contributed by atoms with Gasteiger partial charge in [-0.15, -0.1) is 11.8 Å². The van der Waals surface area contributed by atoms with E-state index in [0.717, 1.165) is 0 Å². The molecule has 0 aliphatic rings. The third-order valence-electron chi connectivity index (χ3n) is 2.77. The molecule has 0 aromatic carbocycles. The quantitative estimate of drug-likeness (QED) is 0.568. The van der Waals surface area contributed by atoms with E-state index in [1.807, 2.05) is 13.8 Å². The summed E-state index contributed by atoms with van der Waals surface area (Å²) in [4.78, 5) is 35.3. The standard InChI is InChI=1S/C14H27N3O3S/c1-8(2)13(19)10(15)7-21-11(14(20)16-5)6-12(18)17-9(3)4/h8-11H,6-7,15H2,1-5H3,(H,16,20)(H,17,18). The smallest absolute Gasteiger partial charge is 0.233 e. The summed E-state index contributed by atoms with van der Waals surface area (Å²) in [5.74, 6) is -0.268. The summed E-state index contributed by atoms with van der Waals surface area (Å²) in [6, 6.07) is -0.590. The third kappa shape index (κ3) is 8.06. The molecule has 0 bridgehead atoms. The van der Waals surface area contributed by atoms with Crippen molar-refractivity contribution in [2.24, 2.45) is 11.7 Å². The first-order chi connectivity index (χ1) is 9.68. The van der Waals surface area contributed by atoms with Crippen molar-refractivity contribution in [2.45, 2.75) is 51.4 Å². The van der Waals surface area contributed by atoms with Crippen LogP contribution in [-0.2, 0) is 14.4 Å². The van der Waals surface area contributed by atoms with Gasteiger partial charge in [0, 0.05) is 31.2 Å². The lowest BCUT2D eigenvalue weighted by molar-refractivity contribution is -0.126. The molecule has 2 amide bonds. The zero-order valence-corrected chi connectivity index (χ0v) is 14.3. The van der Waals surface area contributed by atoms with Crippen LogP contribution in [0.3, 0.4) is 0 Å². The SMILES string of the molecule is CNC(=O)C(CC(=O)NC(C)C)SCC(N)C(=O)C(C)C. The van der Waals surface area contributed by atoms with Crippen molar-refractivity contribution in [3.05, 3.63) is 0 Å². The zero-order chi connectivity index (χ0) is 16.6. The van der Waals surface area contributed by atoms with Gasteiger partial charge in [0.25, 0.3) is 0 Å². The predicted molar refractivity (Wildman–Crippen MR) is 86.0 cm³/mol. The summed E-state index contributed by atoms with van der Waals surface area (Å²) in [6.45, 7) is 7.30. The monoisotopic (exact) mass is 317 g/mol. The molecule has 2 atom stereocenters. The van der Waals surface area contributed by atoms with Gasteiger partial charge in [0.15, 0.2) is 5.78 Å². The molecule has 6 nitrogen and oxygen atoms in total. The first-order valence-corrected chi connectivity index (χ1v) is 8.15. The molecule has 0 aliphatic heterocycles. The Morgan fingerprint density at radius 1 is 1.14 bits per heavy atom. The average Bonchev–Trinajstić information content (AvgIpc) is 2.40. The molecule has 0 aromatic heterocycles. The van der Waals surface area contributed by atoms with Gasteiger partial charge in [-0.25, -0.2) is 0 Å². The minimum atomic E-state index is -0.615. The van der Waals surface area contributed by atoms with E-state index < -0.39 is 11.3 Å². The Morgan fingerprint density at radius 2 is 1.71 bits per heavy atom. The number of rotatable bonds is 9. The number of Topliss-reactive ketones (excluding diaryl/α,β-unsaturated/α-hetero) is 1. The van der Waals surface area contributed by atoms with E-state index in [1.165, 1.54) is 18.8 Å². The van der Waals surface area contributed by atoms with Gasteiger partial charge in [-0.3, -0.25) is 14.4 Å². The lowest BCUT2D eigenvalue weighted by Crippen LogP contribution is -2.40. The van der Waals surface area contributed by atoms with Crippen molar-refractivity contribution in [3.8, 4) is 0 Å². The van der Waals surface area contributed by atoms with Crippen LogP contribution in [0.4, 0.5) is 0 Å². The number of ketones is 1. The Labute approximate surface area is 131 Å². The summed E-state index contributed by atoms with van der Waals surface area (Å²) in [5.41, 5.74) is 5.82. The van der Waals surface area contributed by atoms with Gasteiger partial charge in [-0.2, -0.15) is 0 Å². The van der Waals surface area contributed by atoms with Gasteiger partial charge in [-0.05, 0) is 13.8 Å². The van der Waals surface area contributed by atoms with Crippen LogP contribution in [0.2, 0.25) is 0 Å². The lowest BCUT2D eigenvalue weighted by Gasteiger charge is -2.18. The van der Waals surface area contributed by atoms with Gasteiger partial charge >= 0.3 is 0 Å². The summed E-state index contributed by atoms with van der Waals surface area (Å²) >= 11 is 1.24. The molecule has 0 aliphatic carbocycles. The summed E-state index contributed by atoms with van der Waals surface area (Å²) < 4.78 is 0. The fourth-order valence-corrected chi connectivity index (χ4v) is 2.81. The molecule has 122 valence electrons. The van der Waals surface area contributed by atoms with Crippen LogP contribution in [0.25, 0.3) is 0 Å². The highest BCUT2D eigenvalue weighted by Gasteiger charge is 2.25. The molecular weight excluding hydrogens is 290 g/mol. The summed E-state index contributed by atoms with van der Waals surface area (Å²) in [5, 5.41) is 4.74. The molecule has 7 heteroatoms. The molecular formula is C14H27N3O3S. The van der Waals surface area contributed by atoms with Crippen LogP contribution in [0.1, 0.15) is 34.1 Å². The Morgan fingerprint density at radius 3 is 2.14 bits per heavy atom. The maximum atomic E-state index is 11.8. The number of amides is 2. The Kier molecular flexibility index (Phi) is 9.28. The number of thioether (sulfide) groups is 1. The third-order valence-corrected chi connectivity index (χ3v) is 4.11. The second-order valence-corrected chi connectivity index (χ2v) is 6.76. The highest BCUT2D eigenvalue weighted by Crippen LogP contribution is 2.17. The lowest BCUT2D eigenvalue weighted by atomic mass is 10.0. The highest BCUT2D eigenvalue weighted by atomic mass is 32.2. The number of hydrogen-bond donors (Lipinski definition) is 3. The Bertz CT molecular complexity index is 372. The van der Waals surface area contributed by atoms with E-state index in [9.17, 15) is 14.4 Å². The van der Waals surface area contributed by atoms with Gasteiger partial charge in [-0.1, -0.05) is 13.8 Å². The molecule has 0 heterocycles. The van der Waals surface area contributed by atoms with E-state index in [1.54, 1.807) is 13.8 Å². The molecule has 0 aromatic rings. The zero-order valence-electron chi connectivity index (χ0n) is 13.4. The van der Waals surface area contributed by atoms with Gasteiger partial charge in [0.1, 0.15) is 0 Å². The second kappa shape index (κ2) is 9.78. The van der Waals surface area contributed by atoms with Crippen molar-refractivity contribution in [3.63, 3.8) is 0 Å². The highest BCUT2D eigenvalue weighted by molar-refractivity contribution is 8.00. The summed E-state index contributed by atoms with van der Waals surface area (Å²) in [6.07, 6.45) is 0.0745. The van der Waals surface area contributed by atoms with E-state index in [-0.39, 0.29) is 36.0 Å². The number of hydrogen-bond acceptors (Lipinski definition) is 5. The minimum absolute atomic E-state index is 0.0256. The summed E-state index contributed by atoms with van der Waals surface area (Å²) in [7, 11) is 1.52. The number of carbonyl (C=O) groups excluding carboxylic acids is 3. The van der Waals surface area contributed by atoms with Crippen molar-refractivity contribution in [1.29, 1.82) is 0 Å². The molecule has 0 saturated carbocycles. The topological polar surface area (TPSA) is 101 Å². The molecule has 4 N–H and O–H groups in total. The normalized spacial score (nSPS) is 13.9. The number of nitrogens with one attached hydrogen (secondary N) is 2. The van der Waals surface area contributed by atoms with E-state index in [0.29, 0.717) is 5.75 Å². The number of carbonyl (C=O) groups is 3. The second-order valence-electron chi connectivity index (χ2n) is 5.53. The van der Waals surface area contributed by atoms with Crippen molar-refractivity contribution in [1.82, 2.24) is 10.6 Å². The average molecular weight is 317 g/mol. The van der Waals surface area contributed by atoms with E-state index >= 15 is 0 Å². The molecule has 0 spiro atoms. The van der Waals surface area contributed by atoms with Crippen LogP contribution >= 0.6 is 11.8 Å². The van der Waals surface area contributed by atoms with Gasteiger partial charge < -0.3 is 16.4 Å². The van der Waals surface area contributed by atoms with Crippen molar-refractivity contribution >= 4 is 29.4 Å². The predicted octanol–water partition coefficient (Wildman–Crippen LogP) is 0.301.